The summed E-state index contributed by atoms with van der Waals surface area (Å²) in [7, 11) is 2.14. The number of para-hydroxylation sites is 1. The number of carbonyl (C=O) groups excluding carboxylic acids is 1. The largest absolute Gasteiger partial charge is 0.371 e. The Bertz CT molecular complexity index is 446. The van der Waals surface area contributed by atoms with Crippen molar-refractivity contribution in [3.63, 3.8) is 0 Å². The molecule has 0 saturated carbocycles. The van der Waals surface area contributed by atoms with Gasteiger partial charge < -0.3 is 15.5 Å². The molecule has 1 fully saturated rings. The molecule has 5 heteroatoms. The first kappa shape index (κ1) is 18.8. The molecular formula is C17H28ClN3O. The summed E-state index contributed by atoms with van der Waals surface area (Å²) in [5.41, 5.74) is 7.18. The summed E-state index contributed by atoms with van der Waals surface area (Å²) in [6, 6.07) is 10.6. The highest BCUT2D eigenvalue weighted by molar-refractivity contribution is 5.85. The van der Waals surface area contributed by atoms with Gasteiger partial charge >= 0.3 is 0 Å². The van der Waals surface area contributed by atoms with Gasteiger partial charge in [0, 0.05) is 31.9 Å². The Morgan fingerprint density at radius 2 is 1.91 bits per heavy atom. The van der Waals surface area contributed by atoms with Crippen LogP contribution in [-0.2, 0) is 4.79 Å². The third-order valence-corrected chi connectivity index (χ3v) is 4.40. The fraction of sp³-hybridized carbons (Fsp3) is 0.588. The molecule has 0 aromatic heterocycles. The number of amides is 1. The Kier molecular flexibility index (Phi) is 7.69. The zero-order valence-electron chi connectivity index (χ0n) is 13.6. The molecule has 22 heavy (non-hydrogen) atoms. The normalized spacial score (nSPS) is 16.8. The molecule has 0 aliphatic carbocycles. The first-order valence-corrected chi connectivity index (χ1v) is 7.95. The molecule has 0 spiro atoms. The minimum Gasteiger partial charge on any atom is -0.371 e. The number of nitrogens with zero attached hydrogens (tertiary/aromatic N) is 2. The molecule has 1 heterocycles. The van der Waals surface area contributed by atoms with Crippen LogP contribution in [0.4, 0.5) is 5.69 Å². The van der Waals surface area contributed by atoms with Crippen molar-refractivity contribution in [2.75, 3.05) is 25.0 Å². The summed E-state index contributed by atoms with van der Waals surface area (Å²) >= 11 is 0. The number of nitrogens with two attached hydrogens (primary N) is 1. The van der Waals surface area contributed by atoms with Gasteiger partial charge in [-0.2, -0.15) is 0 Å². The van der Waals surface area contributed by atoms with Gasteiger partial charge in [-0.1, -0.05) is 31.5 Å². The molecule has 2 N–H and O–H groups in total. The molecule has 0 radical (unpaired) electrons. The minimum absolute atomic E-state index is 0. The van der Waals surface area contributed by atoms with Crippen LogP contribution in [0.25, 0.3) is 0 Å². The summed E-state index contributed by atoms with van der Waals surface area (Å²) in [4.78, 5) is 16.5. The summed E-state index contributed by atoms with van der Waals surface area (Å²) in [6.45, 7) is 3.70. The van der Waals surface area contributed by atoms with Crippen LogP contribution >= 0.6 is 12.4 Å². The molecule has 1 unspecified atom stereocenters. The van der Waals surface area contributed by atoms with Crippen molar-refractivity contribution in [2.45, 2.75) is 44.7 Å². The molecule has 1 aliphatic heterocycles. The third kappa shape index (κ3) is 4.62. The lowest BCUT2D eigenvalue weighted by atomic mass is 10.0. The average molecular weight is 326 g/mol. The van der Waals surface area contributed by atoms with Crippen LogP contribution in [0.3, 0.4) is 0 Å². The zero-order valence-corrected chi connectivity index (χ0v) is 14.4. The number of carbonyl (C=O) groups is 1. The van der Waals surface area contributed by atoms with Crippen molar-refractivity contribution in [1.29, 1.82) is 0 Å². The molecule has 1 saturated heterocycles. The summed E-state index contributed by atoms with van der Waals surface area (Å²) in [6.07, 6.45) is 3.76. The van der Waals surface area contributed by atoms with Gasteiger partial charge in [0.2, 0.25) is 5.91 Å². The van der Waals surface area contributed by atoms with Gasteiger partial charge in [0.05, 0.1) is 6.04 Å². The lowest BCUT2D eigenvalue weighted by Gasteiger charge is -2.38. The predicted molar refractivity (Wildman–Crippen MR) is 94.6 cm³/mol. The van der Waals surface area contributed by atoms with Crippen LogP contribution in [0, 0.1) is 0 Å². The topological polar surface area (TPSA) is 49.6 Å². The van der Waals surface area contributed by atoms with E-state index in [0.29, 0.717) is 6.04 Å². The summed E-state index contributed by atoms with van der Waals surface area (Å²) in [5.74, 6) is 0.123. The standard InChI is InChI=1S/C17H27N3O.ClH/c1-3-7-16(18)17(21)20-12-10-15(11-13-20)19(2)14-8-5-4-6-9-14;/h4-6,8-9,15-16H,3,7,10-13,18H2,1-2H3;1H. The van der Waals surface area contributed by atoms with Gasteiger partial charge in [-0.25, -0.2) is 0 Å². The van der Waals surface area contributed by atoms with E-state index in [1.807, 2.05) is 11.0 Å². The second-order valence-corrected chi connectivity index (χ2v) is 5.90. The number of halogens is 1. The van der Waals surface area contributed by atoms with Crippen LogP contribution in [-0.4, -0.2) is 43.0 Å². The predicted octanol–water partition coefficient (Wildman–Crippen LogP) is 2.66. The maximum Gasteiger partial charge on any atom is 0.239 e. The van der Waals surface area contributed by atoms with Crippen molar-refractivity contribution < 1.29 is 4.79 Å². The number of likely N-dealkylation sites (tertiary alicyclic amines) is 1. The Hall–Kier alpha value is -1.26. The van der Waals surface area contributed by atoms with Crippen molar-refractivity contribution in [1.82, 2.24) is 4.90 Å². The number of hydrogen-bond acceptors (Lipinski definition) is 3. The van der Waals surface area contributed by atoms with Crippen molar-refractivity contribution in [3.8, 4) is 0 Å². The monoisotopic (exact) mass is 325 g/mol. The molecule has 2 rings (SSSR count). The minimum atomic E-state index is -0.321. The third-order valence-electron chi connectivity index (χ3n) is 4.40. The molecule has 1 atom stereocenters. The highest BCUT2D eigenvalue weighted by Crippen LogP contribution is 2.22. The van der Waals surface area contributed by atoms with Crippen LogP contribution in [0.15, 0.2) is 30.3 Å². The maximum absolute atomic E-state index is 12.2. The van der Waals surface area contributed by atoms with E-state index in [0.717, 1.165) is 38.8 Å². The zero-order chi connectivity index (χ0) is 15.2. The number of piperidine rings is 1. The van der Waals surface area contributed by atoms with E-state index in [2.05, 4.69) is 43.1 Å². The van der Waals surface area contributed by atoms with E-state index in [-0.39, 0.29) is 24.4 Å². The van der Waals surface area contributed by atoms with E-state index in [9.17, 15) is 4.79 Å². The maximum atomic E-state index is 12.2. The first-order chi connectivity index (χ1) is 10.1. The van der Waals surface area contributed by atoms with Crippen LogP contribution < -0.4 is 10.6 Å². The van der Waals surface area contributed by atoms with Gasteiger partial charge in [-0.3, -0.25) is 4.79 Å². The van der Waals surface area contributed by atoms with Gasteiger partial charge in [0.15, 0.2) is 0 Å². The van der Waals surface area contributed by atoms with Crippen molar-refractivity contribution >= 4 is 24.0 Å². The van der Waals surface area contributed by atoms with E-state index in [1.54, 1.807) is 0 Å². The van der Waals surface area contributed by atoms with E-state index in [4.69, 9.17) is 5.73 Å². The molecule has 1 aromatic rings. The molecule has 1 amide bonds. The smallest absolute Gasteiger partial charge is 0.239 e. The first-order valence-electron chi connectivity index (χ1n) is 7.95. The van der Waals surface area contributed by atoms with Crippen LogP contribution in [0.1, 0.15) is 32.6 Å². The summed E-state index contributed by atoms with van der Waals surface area (Å²) < 4.78 is 0. The fourth-order valence-electron chi connectivity index (χ4n) is 3.02. The molecule has 0 bridgehead atoms. The highest BCUT2D eigenvalue weighted by atomic mass is 35.5. The Morgan fingerprint density at radius 1 is 1.32 bits per heavy atom. The number of anilines is 1. The quantitative estimate of drug-likeness (QED) is 0.905. The number of benzene rings is 1. The van der Waals surface area contributed by atoms with Crippen molar-refractivity contribution in [3.05, 3.63) is 30.3 Å². The summed E-state index contributed by atoms with van der Waals surface area (Å²) in [5, 5.41) is 0. The Labute approximate surface area is 140 Å². The molecular weight excluding hydrogens is 298 g/mol. The molecule has 1 aromatic carbocycles. The second kappa shape index (κ2) is 9.01. The highest BCUT2D eigenvalue weighted by Gasteiger charge is 2.27. The van der Waals surface area contributed by atoms with Gasteiger partial charge in [-0.05, 0) is 31.4 Å². The van der Waals surface area contributed by atoms with Crippen molar-refractivity contribution in [2.24, 2.45) is 5.73 Å². The second-order valence-electron chi connectivity index (χ2n) is 5.90. The van der Waals surface area contributed by atoms with E-state index < -0.39 is 0 Å². The van der Waals surface area contributed by atoms with Gasteiger partial charge in [-0.15, -0.1) is 12.4 Å². The lowest BCUT2D eigenvalue weighted by Crippen LogP contribution is -2.50. The molecule has 124 valence electrons. The Morgan fingerprint density at radius 3 is 2.45 bits per heavy atom. The van der Waals surface area contributed by atoms with Gasteiger partial charge in [0.1, 0.15) is 0 Å². The SMILES string of the molecule is CCCC(N)C(=O)N1CCC(N(C)c2ccccc2)CC1.Cl. The Balaban J connectivity index is 0.00000242. The van der Waals surface area contributed by atoms with Crippen LogP contribution in [0.2, 0.25) is 0 Å². The van der Waals surface area contributed by atoms with E-state index in [1.165, 1.54) is 5.69 Å². The lowest BCUT2D eigenvalue weighted by molar-refractivity contribution is -0.133. The van der Waals surface area contributed by atoms with E-state index >= 15 is 0 Å². The number of hydrogen-bond donors (Lipinski definition) is 1. The number of rotatable bonds is 5. The fourth-order valence-corrected chi connectivity index (χ4v) is 3.02. The van der Waals surface area contributed by atoms with Gasteiger partial charge in [0.25, 0.3) is 0 Å². The molecule has 4 nitrogen and oxygen atoms in total. The van der Waals surface area contributed by atoms with Crippen LogP contribution in [0.5, 0.6) is 0 Å². The molecule has 1 aliphatic rings. The average Bonchev–Trinajstić information content (AvgIpc) is 2.54.